The highest BCUT2D eigenvalue weighted by molar-refractivity contribution is 7.92. The summed E-state index contributed by atoms with van der Waals surface area (Å²) in [6, 6.07) is 8.79. The summed E-state index contributed by atoms with van der Waals surface area (Å²) in [6.07, 6.45) is 0. The van der Waals surface area contributed by atoms with Crippen LogP contribution in [-0.4, -0.2) is 8.42 Å². The van der Waals surface area contributed by atoms with Crippen LogP contribution in [0.2, 0.25) is 0 Å². The summed E-state index contributed by atoms with van der Waals surface area (Å²) in [6.45, 7) is 0. The molecule has 0 aliphatic carbocycles. The van der Waals surface area contributed by atoms with E-state index < -0.39 is 27.3 Å². The van der Waals surface area contributed by atoms with Crippen molar-refractivity contribution in [1.82, 2.24) is 0 Å². The summed E-state index contributed by atoms with van der Waals surface area (Å²) in [5, 5.41) is 0. The molecule has 0 aliphatic rings. The van der Waals surface area contributed by atoms with Gasteiger partial charge in [0.15, 0.2) is 5.82 Å². The third-order valence-electron chi connectivity index (χ3n) is 2.38. The fraction of sp³-hybridized carbons (Fsp3) is 0. The van der Waals surface area contributed by atoms with Gasteiger partial charge in [0.1, 0.15) is 11.5 Å². The van der Waals surface area contributed by atoms with E-state index in [1.807, 2.05) is 4.72 Å². The van der Waals surface area contributed by atoms with E-state index >= 15 is 0 Å². The maximum absolute atomic E-state index is 13.5. The first-order chi connectivity index (χ1) is 8.90. The van der Waals surface area contributed by atoms with Crippen molar-refractivity contribution >= 4 is 21.4 Å². The van der Waals surface area contributed by atoms with Gasteiger partial charge in [-0.1, -0.05) is 18.2 Å². The summed E-state index contributed by atoms with van der Waals surface area (Å²) >= 11 is 0. The van der Waals surface area contributed by atoms with Crippen LogP contribution in [0.3, 0.4) is 0 Å². The third kappa shape index (κ3) is 2.82. The lowest BCUT2D eigenvalue weighted by Gasteiger charge is -2.11. The van der Waals surface area contributed by atoms with Gasteiger partial charge in [0, 0.05) is 6.07 Å². The molecule has 0 radical (unpaired) electrons. The van der Waals surface area contributed by atoms with E-state index in [-0.39, 0.29) is 10.6 Å². The zero-order valence-electron chi connectivity index (χ0n) is 9.60. The van der Waals surface area contributed by atoms with Crippen molar-refractivity contribution in [1.29, 1.82) is 0 Å². The van der Waals surface area contributed by atoms with Gasteiger partial charge in [-0.25, -0.2) is 17.2 Å². The van der Waals surface area contributed by atoms with Gasteiger partial charge in [-0.15, -0.1) is 0 Å². The van der Waals surface area contributed by atoms with Gasteiger partial charge in [0.25, 0.3) is 10.0 Å². The smallest absolute Gasteiger partial charge is 0.262 e. The van der Waals surface area contributed by atoms with Crippen molar-refractivity contribution in [2.24, 2.45) is 0 Å². The Morgan fingerprint density at radius 1 is 1.05 bits per heavy atom. The maximum Gasteiger partial charge on any atom is 0.262 e. The summed E-state index contributed by atoms with van der Waals surface area (Å²) < 4.78 is 52.3. The molecule has 0 saturated heterocycles. The number of hydrogen-bond donors (Lipinski definition) is 2. The van der Waals surface area contributed by atoms with Gasteiger partial charge in [0.05, 0.1) is 10.6 Å². The quantitative estimate of drug-likeness (QED) is 0.850. The molecule has 0 unspecified atom stereocenters. The van der Waals surface area contributed by atoms with Crippen LogP contribution in [0.5, 0.6) is 0 Å². The van der Waals surface area contributed by atoms with Crippen LogP contribution < -0.4 is 10.5 Å². The van der Waals surface area contributed by atoms with Crippen LogP contribution >= 0.6 is 0 Å². The fourth-order valence-corrected chi connectivity index (χ4v) is 2.61. The summed E-state index contributed by atoms with van der Waals surface area (Å²) in [5.74, 6) is -1.95. The Hall–Kier alpha value is -2.15. The average molecular weight is 284 g/mol. The number of sulfonamides is 1. The molecular formula is C12H10F2N2O2S. The summed E-state index contributed by atoms with van der Waals surface area (Å²) in [5.41, 5.74) is 4.61. The van der Waals surface area contributed by atoms with Gasteiger partial charge in [-0.2, -0.15) is 0 Å². The molecule has 0 aromatic heterocycles. The number of rotatable bonds is 3. The van der Waals surface area contributed by atoms with Crippen molar-refractivity contribution in [3.8, 4) is 0 Å². The first-order valence-electron chi connectivity index (χ1n) is 5.22. The molecule has 0 atom stereocenters. The number of nitrogens with one attached hydrogen (secondary N) is 1. The lowest BCUT2D eigenvalue weighted by atomic mass is 10.2. The molecule has 4 nitrogen and oxygen atoms in total. The Bertz CT molecular complexity index is 680. The van der Waals surface area contributed by atoms with Crippen LogP contribution in [0, 0.1) is 11.6 Å². The van der Waals surface area contributed by atoms with E-state index in [0.29, 0.717) is 6.07 Å². The molecule has 2 aromatic carbocycles. The van der Waals surface area contributed by atoms with Gasteiger partial charge in [-0.3, -0.25) is 4.72 Å². The molecule has 7 heteroatoms. The molecule has 19 heavy (non-hydrogen) atoms. The topological polar surface area (TPSA) is 72.2 Å². The SMILES string of the molecule is Nc1cc(F)cc(F)c1NS(=O)(=O)c1ccccc1. The molecule has 0 spiro atoms. The minimum atomic E-state index is -3.96. The Morgan fingerprint density at radius 2 is 1.68 bits per heavy atom. The van der Waals surface area contributed by atoms with E-state index in [9.17, 15) is 17.2 Å². The highest BCUT2D eigenvalue weighted by Gasteiger charge is 2.18. The first-order valence-corrected chi connectivity index (χ1v) is 6.71. The Morgan fingerprint density at radius 3 is 2.26 bits per heavy atom. The van der Waals surface area contributed by atoms with E-state index in [4.69, 9.17) is 5.73 Å². The number of benzene rings is 2. The van der Waals surface area contributed by atoms with Crippen molar-refractivity contribution in [2.75, 3.05) is 10.5 Å². The second-order valence-electron chi connectivity index (χ2n) is 3.77. The minimum absolute atomic E-state index is 0.0434. The standard InChI is InChI=1S/C12H10F2N2O2S/c13-8-6-10(14)12(11(15)7-8)16-19(17,18)9-4-2-1-3-5-9/h1-7,16H,15H2. The predicted octanol–water partition coefficient (Wildman–Crippen LogP) is 2.35. The minimum Gasteiger partial charge on any atom is -0.397 e. The molecule has 2 aromatic rings. The third-order valence-corrected chi connectivity index (χ3v) is 3.74. The molecule has 0 amide bonds. The largest absolute Gasteiger partial charge is 0.397 e. The highest BCUT2D eigenvalue weighted by atomic mass is 32.2. The predicted molar refractivity (Wildman–Crippen MR) is 68.0 cm³/mol. The lowest BCUT2D eigenvalue weighted by molar-refractivity contribution is 0.583. The summed E-state index contributed by atoms with van der Waals surface area (Å²) in [4.78, 5) is -0.0434. The van der Waals surface area contributed by atoms with E-state index in [1.54, 1.807) is 6.07 Å². The molecule has 0 saturated carbocycles. The molecule has 0 fully saturated rings. The molecule has 100 valence electrons. The lowest BCUT2D eigenvalue weighted by Crippen LogP contribution is -2.15. The highest BCUT2D eigenvalue weighted by Crippen LogP contribution is 2.26. The van der Waals surface area contributed by atoms with Crippen LogP contribution in [-0.2, 0) is 10.0 Å². The number of nitrogens with two attached hydrogens (primary N) is 1. The molecule has 3 N–H and O–H groups in total. The Balaban J connectivity index is 2.42. The summed E-state index contributed by atoms with van der Waals surface area (Å²) in [7, 11) is -3.96. The monoisotopic (exact) mass is 284 g/mol. The van der Waals surface area contributed by atoms with Gasteiger partial charge < -0.3 is 5.73 Å². The molecule has 2 rings (SSSR count). The van der Waals surface area contributed by atoms with Gasteiger partial charge in [0.2, 0.25) is 0 Å². The average Bonchev–Trinajstić information content (AvgIpc) is 2.35. The van der Waals surface area contributed by atoms with E-state index in [0.717, 1.165) is 6.07 Å². The second kappa shape index (κ2) is 4.85. The van der Waals surface area contributed by atoms with Crippen LogP contribution in [0.1, 0.15) is 0 Å². The van der Waals surface area contributed by atoms with Crippen molar-refractivity contribution < 1.29 is 17.2 Å². The maximum atomic E-state index is 13.5. The molecule has 0 bridgehead atoms. The van der Waals surface area contributed by atoms with Crippen molar-refractivity contribution in [2.45, 2.75) is 4.90 Å². The zero-order chi connectivity index (χ0) is 14.0. The Kier molecular flexibility index (Phi) is 3.39. The number of anilines is 2. The fourth-order valence-electron chi connectivity index (χ4n) is 1.49. The van der Waals surface area contributed by atoms with Crippen molar-refractivity contribution in [3.63, 3.8) is 0 Å². The van der Waals surface area contributed by atoms with E-state index in [2.05, 4.69) is 0 Å². The molecule has 0 heterocycles. The normalized spacial score (nSPS) is 11.3. The number of nitrogen functional groups attached to an aromatic ring is 1. The van der Waals surface area contributed by atoms with Crippen LogP contribution in [0.25, 0.3) is 0 Å². The molecule has 0 aliphatic heterocycles. The van der Waals surface area contributed by atoms with Gasteiger partial charge in [-0.05, 0) is 18.2 Å². The van der Waals surface area contributed by atoms with Crippen LogP contribution in [0.15, 0.2) is 47.4 Å². The number of hydrogen-bond acceptors (Lipinski definition) is 3. The Labute approximate surface area is 108 Å². The molecular weight excluding hydrogens is 274 g/mol. The van der Waals surface area contributed by atoms with Crippen LogP contribution in [0.4, 0.5) is 20.2 Å². The van der Waals surface area contributed by atoms with E-state index in [1.165, 1.54) is 24.3 Å². The van der Waals surface area contributed by atoms with Crippen molar-refractivity contribution in [3.05, 3.63) is 54.1 Å². The zero-order valence-corrected chi connectivity index (χ0v) is 10.4. The number of halogens is 2. The van der Waals surface area contributed by atoms with Gasteiger partial charge >= 0.3 is 0 Å². The second-order valence-corrected chi connectivity index (χ2v) is 5.45. The first kappa shape index (κ1) is 13.3.